The van der Waals surface area contributed by atoms with Gasteiger partial charge in [0.1, 0.15) is 23.9 Å². The van der Waals surface area contributed by atoms with E-state index in [4.69, 9.17) is 23.7 Å². The molecule has 10 bridgehead atoms. The number of benzene rings is 3. The summed E-state index contributed by atoms with van der Waals surface area (Å²) in [5, 5.41) is 23.0. The van der Waals surface area contributed by atoms with Crippen LogP contribution in [0.3, 0.4) is 0 Å². The monoisotopic (exact) mass is 584 g/mol. The van der Waals surface area contributed by atoms with Crippen molar-refractivity contribution >= 4 is 0 Å². The molecule has 2 aliphatic carbocycles. The number of ether oxygens (including phenoxy) is 5. The maximum atomic E-state index is 11.5. The van der Waals surface area contributed by atoms with E-state index in [0.717, 1.165) is 44.7 Å². The topological polar surface area (TPSA) is 86.6 Å². The Labute approximate surface area is 253 Å². The smallest absolute Gasteiger partial charge is 0.126 e. The molecule has 1 unspecified atom stereocenters. The number of hydrogen-bond donors (Lipinski definition) is 2. The zero-order valence-corrected chi connectivity index (χ0v) is 24.5. The van der Waals surface area contributed by atoms with Crippen LogP contribution in [-0.4, -0.2) is 69.2 Å². The highest BCUT2D eigenvalue weighted by molar-refractivity contribution is 5.52. The quantitative estimate of drug-likeness (QED) is 0.370. The molecule has 2 N–H and O–H groups in total. The molecule has 1 aliphatic heterocycles. The molecule has 3 aliphatic rings. The molecule has 0 saturated carbocycles. The lowest BCUT2D eigenvalue weighted by Crippen LogP contribution is -2.31. The highest BCUT2D eigenvalue weighted by Crippen LogP contribution is 2.38. The Morgan fingerprint density at radius 2 is 1.07 bits per heavy atom. The van der Waals surface area contributed by atoms with Crippen molar-refractivity contribution < 1.29 is 33.9 Å². The van der Waals surface area contributed by atoms with Gasteiger partial charge in [0.05, 0.1) is 52.4 Å². The van der Waals surface area contributed by atoms with Crippen LogP contribution in [0.1, 0.15) is 33.4 Å². The highest BCUT2D eigenvalue weighted by atomic mass is 16.6. The van der Waals surface area contributed by atoms with Crippen LogP contribution in [0.25, 0.3) is 0 Å². The van der Waals surface area contributed by atoms with Crippen molar-refractivity contribution in [3.63, 3.8) is 0 Å². The largest absolute Gasteiger partial charge is 0.507 e. The van der Waals surface area contributed by atoms with Crippen molar-refractivity contribution in [2.75, 3.05) is 52.9 Å². The van der Waals surface area contributed by atoms with Crippen LogP contribution in [0.5, 0.6) is 17.2 Å². The van der Waals surface area contributed by atoms with E-state index in [-0.39, 0.29) is 12.0 Å². The Balaban J connectivity index is 1.45. The molecular formula is C36H40O7. The van der Waals surface area contributed by atoms with Crippen LogP contribution in [-0.2, 0) is 44.6 Å². The van der Waals surface area contributed by atoms with Crippen LogP contribution in [0.4, 0.5) is 0 Å². The predicted molar refractivity (Wildman–Crippen MR) is 164 cm³/mol. The first-order valence-electron chi connectivity index (χ1n) is 15.2. The Hall–Kier alpha value is -3.62. The van der Waals surface area contributed by atoms with Gasteiger partial charge in [-0.1, -0.05) is 72.8 Å². The lowest BCUT2D eigenvalue weighted by atomic mass is 9.82. The minimum atomic E-state index is -0.230. The molecule has 0 amide bonds. The average molecular weight is 585 g/mol. The molecule has 0 fully saturated rings. The summed E-state index contributed by atoms with van der Waals surface area (Å²) < 4.78 is 30.1. The molecule has 7 heteroatoms. The number of allylic oxidation sites excluding steroid dienone is 2. The van der Waals surface area contributed by atoms with Crippen LogP contribution in [0.15, 0.2) is 78.4 Å². The number of phenols is 2. The van der Waals surface area contributed by atoms with Crippen molar-refractivity contribution in [1.82, 2.24) is 0 Å². The molecule has 7 nitrogen and oxygen atoms in total. The van der Waals surface area contributed by atoms with E-state index >= 15 is 0 Å². The summed E-state index contributed by atoms with van der Waals surface area (Å²) in [4.78, 5) is 0. The van der Waals surface area contributed by atoms with Gasteiger partial charge in [0.2, 0.25) is 0 Å². The maximum Gasteiger partial charge on any atom is 0.126 e. The fourth-order valence-corrected chi connectivity index (χ4v) is 6.20. The van der Waals surface area contributed by atoms with E-state index in [1.54, 1.807) is 0 Å². The van der Waals surface area contributed by atoms with Gasteiger partial charge in [-0.25, -0.2) is 0 Å². The summed E-state index contributed by atoms with van der Waals surface area (Å²) in [5.41, 5.74) is 6.43. The van der Waals surface area contributed by atoms with Gasteiger partial charge in [-0.3, -0.25) is 0 Å². The van der Waals surface area contributed by atoms with Gasteiger partial charge in [0, 0.05) is 18.8 Å². The minimum absolute atomic E-state index is 0.00259. The minimum Gasteiger partial charge on any atom is -0.507 e. The van der Waals surface area contributed by atoms with E-state index in [0.29, 0.717) is 90.0 Å². The molecule has 0 aromatic heterocycles. The van der Waals surface area contributed by atoms with Gasteiger partial charge >= 0.3 is 0 Å². The molecule has 0 radical (unpaired) electrons. The van der Waals surface area contributed by atoms with Crippen molar-refractivity contribution in [2.24, 2.45) is 5.92 Å². The van der Waals surface area contributed by atoms with E-state index in [9.17, 15) is 10.2 Å². The number of phenolic OH excluding ortho intramolecular Hbond substituents is 2. The Morgan fingerprint density at radius 1 is 0.558 bits per heavy atom. The molecule has 6 rings (SSSR count). The lowest BCUT2D eigenvalue weighted by molar-refractivity contribution is -0.0210. The molecule has 226 valence electrons. The van der Waals surface area contributed by atoms with E-state index < -0.39 is 0 Å². The summed E-state index contributed by atoms with van der Waals surface area (Å²) in [5.74, 6) is 1.38. The van der Waals surface area contributed by atoms with Gasteiger partial charge in [0.25, 0.3) is 0 Å². The average Bonchev–Trinajstić information content (AvgIpc) is 3.00. The molecule has 3 aromatic rings. The summed E-state index contributed by atoms with van der Waals surface area (Å²) in [6, 6.07) is 18.1. The van der Waals surface area contributed by atoms with Gasteiger partial charge < -0.3 is 33.9 Å². The second kappa shape index (κ2) is 14.2. The van der Waals surface area contributed by atoms with Gasteiger partial charge in [-0.05, 0) is 51.8 Å². The highest BCUT2D eigenvalue weighted by Gasteiger charge is 2.29. The van der Waals surface area contributed by atoms with Gasteiger partial charge in [-0.2, -0.15) is 0 Å². The number of rotatable bonds is 0. The third-order valence-electron chi connectivity index (χ3n) is 8.36. The molecule has 3 aromatic carbocycles. The number of aromatic hydroxyl groups is 2. The first-order valence-corrected chi connectivity index (χ1v) is 15.2. The van der Waals surface area contributed by atoms with E-state index in [1.165, 1.54) is 0 Å². The summed E-state index contributed by atoms with van der Waals surface area (Å²) in [6.07, 6.45) is 8.26. The zero-order chi connectivity index (χ0) is 29.4. The molecule has 0 saturated heterocycles. The summed E-state index contributed by atoms with van der Waals surface area (Å²) >= 11 is 0. The Morgan fingerprint density at radius 3 is 1.72 bits per heavy atom. The lowest BCUT2D eigenvalue weighted by Gasteiger charge is -2.31. The van der Waals surface area contributed by atoms with Crippen molar-refractivity contribution in [2.45, 2.75) is 31.8 Å². The van der Waals surface area contributed by atoms with Gasteiger partial charge in [0.15, 0.2) is 0 Å². The molecular weight excluding hydrogens is 544 g/mol. The number of hydrogen-bond acceptors (Lipinski definition) is 7. The number of para-hydroxylation sites is 3. The molecule has 43 heavy (non-hydrogen) atoms. The zero-order valence-electron chi connectivity index (χ0n) is 24.5. The fourth-order valence-electron chi connectivity index (χ4n) is 6.20. The fraction of sp³-hybridized carbons (Fsp3) is 0.389. The van der Waals surface area contributed by atoms with E-state index in [1.807, 2.05) is 54.6 Å². The van der Waals surface area contributed by atoms with Crippen molar-refractivity contribution in [1.29, 1.82) is 0 Å². The number of fused-ring (bicyclic) bond motifs is 2. The SMILES string of the molecule is Oc1c2cccc1Cc1cccc3c1OCCOCCOCCOCCOC1C(=CC=C[C@H]1Cc1cccc(c1O)C3)C2. The summed E-state index contributed by atoms with van der Waals surface area (Å²) in [7, 11) is 0. The Bertz CT molecular complexity index is 1460. The van der Waals surface area contributed by atoms with Crippen LogP contribution >= 0.6 is 0 Å². The second-order valence-corrected chi connectivity index (χ2v) is 11.3. The third kappa shape index (κ3) is 7.13. The predicted octanol–water partition coefficient (Wildman–Crippen LogP) is 5.32. The van der Waals surface area contributed by atoms with Crippen LogP contribution in [0.2, 0.25) is 0 Å². The summed E-state index contributed by atoms with van der Waals surface area (Å²) in [6.45, 7) is 3.56. The van der Waals surface area contributed by atoms with Gasteiger partial charge in [-0.15, -0.1) is 0 Å². The van der Waals surface area contributed by atoms with Crippen molar-refractivity contribution in [3.05, 3.63) is 112 Å². The van der Waals surface area contributed by atoms with Crippen molar-refractivity contribution in [3.8, 4) is 17.2 Å². The maximum absolute atomic E-state index is 11.5. The Kier molecular flexibility index (Phi) is 9.75. The second-order valence-electron chi connectivity index (χ2n) is 11.3. The normalized spacial score (nSPS) is 21.8. The molecule has 2 atom stereocenters. The molecule has 1 heterocycles. The molecule has 0 spiro atoms. The van der Waals surface area contributed by atoms with E-state index in [2.05, 4.69) is 18.2 Å². The standard InChI is InChI=1S/C36H40O7/c37-33-25-5-1-6-26(33)22-30-10-4-12-32-24-28-8-2-7-27(34(28)38)23-31-11-3-9-29(21-25)35(31)42-19-17-40-15-13-39-14-16-41-18-20-43-36(30)32/h1-12,29,35,37-38H,13-24H2/t29-,35?/m0/s1. The first kappa shape index (κ1) is 29.5. The first-order chi connectivity index (χ1) is 21.2. The van der Waals surface area contributed by atoms with Crippen LogP contribution < -0.4 is 4.74 Å². The third-order valence-corrected chi connectivity index (χ3v) is 8.36. The van der Waals surface area contributed by atoms with Crippen LogP contribution in [0, 0.1) is 5.92 Å².